The maximum atomic E-state index is 13.3. The minimum absolute atomic E-state index is 0.0330. The van der Waals surface area contributed by atoms with E-state index in [-0.39, 0.29) is 23.7 Å². The molecule has 2 aromatic rings. The number of rotatable bonds is 7. The summed E-state index contributed by atoms with van der Waals surface area (Å²) in [6, 6.07) is 14.1. The molecule has 0 aliphatic rings. The van der Waals surface area contributed by atoms with Crippen molar-refractivity contribution < 1.29 is 13.9 Å². The zero-order chi connectivity index (χ0) is 17.5. The van der Waals surface area contributed by atoms with Gasteiger partial charge in [0.1, 0.15) is 11.6 Å². The van der Waals surface area contributed by atoms with Gasteiger partial charge in [-0.2, -0.15) is 0 Å². The molecule has 2 atom stereocenters. The van der Waals surface area contributed by atoms with Crippen LogP contribution in [0, 0.1) is 5.82 Å². The predicted molar refractivity (Wildman–Crippen MR) is 93.7 cm³/mol. The number of ether oxygens (including phenoxy) is 1. The summed E-state index contributed by atoms with van der Waals surface area (Å²) in [4.78, 5) is 12.0. The summed E-state index contributed by atoms with van der Waals surface area (Å²) in [5, 5.41) is 3.06. The number of hydrogen-bond acceptors (Lipinski definition) is 2. The van der Waals surface area contributed by atoms with Crippen LogP contribution < -0.4 is 10.1 Å². The monoisotopic (exact) mass is 329 g/mol. The molecular weight excluding hydrogens is 305 g/mol. The number of nitrogens with one attached hydrogen (secondary N) is 1. The molecule has 0 aliphatic heterocycles. The van der Waals surface area contributed by atoms with Crippen molar-refractivity contribution in [1.82, 2.24) is 5.32 Å². The minimum Gasteiger partial charge on any atom is -0.497 e. The van der Waals surface area contributed by atoms with Crippen molar-refractivity contribution >= 4 is 5.91 Å². The second-order valence-corrected chi connectivity index (χ2v) is 5.91. The maximum absolute atomic E-state index is 13.3. The fraction of sp³-hybridized carbons (Fsp3) is 0.350. The highest BCUT2D eigenvalue weighted by Crippen LogP contribution is 2.29. The van der Waals surface area contributed by atoms with E-state index in [1.54, 1.807) is 19.2 Å². The third-order valence-electron chi connectivity index (χ3n) is 4.07. The van der Waals surface area contributed by atoms with Gasteiger partial charge >= 0.3 is 0 Å². The highest BCUT2D eigenvalue weighted by atomic mass is 19.1. The molecule has 0 heterocycles. The highest BCUT2D eigenvalue weighted by molar-refractivity contribution is 5.76. The smallest absolute Gasteiger partial charge is 0.220 e. The van der Waals surface area contributed by atoms with Crippen molar-refractivity contribution in [1.29, 1.82) is 0 Å². The second kappa shape index (κ2) is 8.48. The fourth-order valence-electron chi connectivity index (χ4n) is 2.89. The van der Waals surface area contributed by atoms with E-state index in [0.717, 1.165) is 23.3 Å². The average molecular weight is 329 g/mol. The molecule has 0 saturated heterocycles. The van der Waals surface area contributed by atoms with Crippen LogP contribution >= 0.6 is 0 Å². The number of hydrogen-bond donors (Lipinski definition) is 1. The Balaban J connectivity index is 2.32. The Morgan fingerprint density at radius 1 is 1.08 bits per heavy atom. The number of benzene rings is 2. The molecule has 24 heavy (non-hydrogen) atoms. The van der Waals surface area contributed by atoms with E-state index >= 15 is 0 Å². The maximum Gasteiger partial charge on any atom is 0.220 e. The Hall–Kier alpha value is -2.36. The van der Waals surface area contributed by atoms with Crippen LogP contribution in [0.4, 0.5) is 4.39 Å². The molecule has 0 bridgehead atoms. The quantitative estimate of drug-likeness (QED) is 0.824. The van der Waals surface area contributed by atoms with Gasteiger partial charge < -0.3 is 10.1 Å². The van der Waals surface area contributed by atoms with E-state index < -0.39 is 0 Å². The molecule has 3 nitrogen and oxygen atoms in total. The van der Waals surface area contributed by atoms with E-state index in [9.17, 15) is 9.18 Å². The molecule has 0 radical (unpaired) electrons. The molecule has 0 aliphatic carbocycles. The van der Waals surface area contributed by atoms with Crippen LogP contribution in [0.15, 0.2) is 48.5 Å². The number of methoxy groups -OCH3 is 1. The first-order valence-electron chi connectivity index (χ1n) is 8.24. The second-order valence-electron chi connectivity index (χ2n) is 5.91. The molecule has 4 heteroatoms. The van der Waals surface area contributed by atoms with Gasteiger partial charge in [0.15, 0.2) is 0 Å². The lowest BCUT2D eigenvalue weighted by atomic mass is 9.85. The van der Waals surface area contributed by atoms with Gasteiger partial charge in [-0.05, 0) is 48.7 Å². The number of carbonyl (C=O) groups excluding carboxylic acids is 1. The lowest BCUT2D eigenvalue weighted by Crippen LogP contribution is -2.37. The van der Waals surface area contributed by atoms with Crippen LogP contribution in [-0.4, -0.2) is 19.1 Å². The van der Waals surface area contributed by atoms with Crippen molar-refractivity contribution in [3.63, 3.8) is 0 Å². The normalized spacial score (nSPS) is 13.2. The summed E-state index contributed by atoms with van der Waals surface area (Å²) < 4.78 is 18.5. The topological polar surface area (TPSA) is 38.3 Å². The zero-order valence-corrected chi connectivity index (χ0v) is 14.4. The first kappa shape index (κ1) is 18.0. The molecule has 2 aromatic carbocycles. The molecule has 128 valence electrons. The SMILES string of the molecule is CCCC(=O)N[C@H](C)[C@H](c1ccc(F)cc1)c1ccc(OC)cc1. The van der Waals surface area contributed by atoms with E-state index in [4.69, 9.17) is 4.74 Å². The molecule has 0 fully saturated rings. The largest absolute Gasteiger partial charge is 0.497 e. The molecule has 1 N–H and O–H groups in total. The van der Waals surface area contributed by atoms with E-state index in [2.05, 4.69) is 5.32 Å². The average Bonchev–Trinajstić information content (AvgIpc) is 2.57. The van der Waals surface area contributed by atoms with Crippen LogP contribution in [0.5, 0.6) is 5.75 Å². The van der Waals surface area contributed by atoms with E-state index in [1.807, 2.05) is 38.1 Å². The standard InChI is InChI=1S/C20H24FNO2/c1-4-5-19(23)22-14(2)20(15-6-10-17(21)11-7-15)16-8-12-18(24-3)13-9-16/h6-14,20H,4-5H2,1-3H3,(H,22,23)/t14-,20-/m1/s1. The molecule has 1 amide bonds. The predicted octanol–water partition coefficient (Wildman–Crippen LogP) is 4.27. The summed E-state index contributed by atoms with van der Waals surface area (Å²) in [6.45, 7) is 3.96. The Morgan fingerprint density at radius 3 is 2.12 bits per heavy atom. The van der Waals surface area contributed by atoms with Crippen molar-refractivity contribution in [2.75, 3.05) is 7.11 Å². The van der Waals surface area contributed by atoms with Crippen molar-refractivity contribution in [2.24, 2.45) is 0 Å². The molecule has 0 saturated carbocycles. The summed E-state index contributed by atoms with van der Waals surface area (Å²) in [5.74, 6) is 0.483. The van der Waals surface area contributed by atoms with Gasteiger partial charge in [-0.25, -0.2) is 4.39 Å². The summed E-state index contributed by atoms with van der Waals surface area (Å²) >= 11 is 0. The lowest BCUT2D eigenvalue weighted by molar-refractivity contribution is -0.121. The molecule has 0 aromatic heterocycles. The van der Waals surface area contributed by atoms with Crippen LogP contribution in [0.1, 0.15) is 43.7 Å². The lowest BCUT2D eigenvalue weighted by Gasteiger charge is -2.26. The first-order chi connectivity index (χ1) is 11.5. The molecule has 2 rings (SSSR count). The van der Waals surface area contributed by atoms with Crippen LogP contribution in [0.3, 0.4) is 0 Å². The fourth-order valence-corrected chi connectivity index (χ4v) is 2.89. The first-order valence-corrected chi connectivity index (χ1v) is 8.24. The van der Waals surface area contributed by atoms with E-state index in [1.165, 1.54) is 12.1 Å². The van der Waals surface area contributed by atoms with E-state index in [0.29, 0.717) is 6.42 Å². The van der Waals surface area contributed by atoms with Gasteiger partial charge in [0.05, 0.1) is 7.11 Å². The van der Waals surface area contributed by atoms with Crippen LogP contribution in [-0.2, 0) is 4.79 Å². The summed E-state index contributed by atoms with van der Waals surface area (Å²) in [6.07, 6.45) is 1.31. The van der Waals surface area contributed by atoms with Gasteiger partial charge in [-0.15, -0.1) is 0 Å². The van der Waals surface area contributed by atoms with Crippen molar-refractivity contribution in [3.8, 4) is 5.75 Å². The molecule has 0 spiro atoms. The minimum atomic E-state index is -0.269. The van der Waals surface area contributed by atoms with Gasteiger partial charge in [-0.3, -0.25) is 4.79 Å². The van der Waals surface area contributed by atoms with Gasteiger partial charge in [0.25, 0.3) is 0 Å². The van der Waals surface area contributed by atoms with Gasteiger partial charge in [0.2, 0.25) is 5.91 Å². The highest BCUT2D eigenvalue weighted by Gasteiger charge is 2.23. The van der Waals surface area contributed by atoms with Gasteiger partial charge in [0, 0.05) is 18.4 Å². The Morgan fingerprint density at radius 2 is 1.62 bits per heavy atom. The Bertz CT molecular complexity index is 652. The third kappa shape index (κ3) is 4.57. The van der Waals surface area contributed by atoms with Crippen LogP contribution in [0.25, 0.3) is 0 Å². The van der Waals surface area contributed by atoms with Crippen molar-refractivity contribution in [2.45, 2.75) is 38.6 Å². The van der Waals surface area contributed by atoms with Crippen LogP contribution in [0.2, 0.25) is 0 Å². The Labute approximate surface area is 142 Å². The summed E-state index contributed by atoms with van der Waals surface area (Å²) in [7, 11) is 1.63. The molecular formula is C20H24FNO2. The van der Waals surface area contributed by atoms with Crippen molar-refractivity contribution in [3.05, 3.63) is 65.5 Å². The van der Waals surface area contributed by atoms with Gasteiger partial charge in [-0.1, -0.05) is 31.2 Å². The number of carbonyl (C=O) groups is 1. The summed E-state index contributed by atoms with van der Waals surface area (Å²) in [5.41, 5.74) is 2.01. The number of halogens is 1. The Kier molecular flexibility index (Phi) is 6.36. The molecule has 0 unspecified atom stereocenters. The number of amides is 1. The zero-order valence-electron chi connectivity index (χ0n) is 14.4. The third-order valence-corrected chi connectivity index (χ3v) is 4.07.